The Hall–Kier alpha value is -4.14. The molecule has 180 valence electrons. The number of carbonyl (C=O) groups excluding carboxylic acids is 2. The van der Waals surface area contributed by atoms with Gasteiger partial charge in [0.05, 0.1) is 0 Å². The van der Waals surface area contributed by atoms with Gasteiger partial charge in [-0.25, -0.2) is 9.18 Å². The molecule has 0 aliphatic carbocycles. The van der Waals surface area contributed by atoms with Crippen molar-refractivity contribution in [3.8, 4) is 5.75 Å². The summed E-state index contributed by atoms with van der Waals surface area (Å²) >= 11 is 0. The van der Waals surface area contributed by atoms with Gasteiger partial charge in [-0.15, -0.1) is 0 Å². The summed E-state index contributed by atoms with van der Waals surface area (Å²) in [5.74, 6) is 0.271. The Labute approximate surface area is 201 Å². The van der Waals surface area contributed by atoms with Crippen LogP contribution < -0.4 is 20.9 Å². The quantitative estimate of drug-likeness (QED) is 0.588. The first-order valence-corrected chi connectivity index (χ1v) is 11.5. The number of benzene rings is 2. The molecule has 2 N–H and O–H groups in total. The van der Waals surface area contributed by atoms with Crippen molar-refractivity contribution in [2.24, 2.45) is 5.92 Å². The highest BCUT2D eigenvalue weighted by Crippen LogP contribution is 2.35. The Kier molecular flexibility index (Phi) is 6.22. The van der Waals surface area contributed by atoms with Crippen LogP contribution in [0.3, 0.4) is 0 Å². The molecule has 1 saturated heterocycles. The minimum absolute atomic E-state index is 0.0282. The molecule has 2 aliphatic rings. The summed E-state index contributed by atoms with van der Waals surface area (Å²) in [6.45, 7) is 1.51. The Balaban J connectivity index is 1.25. The van der Waals surface area contributed by atoms with E-state index in [-0.39, 0.29) is 41.3 Å². The maximum absolute atomic E-state index is 13.4. The van der Waals surface area contributed by atoms with Crippen LogP contribution in [0.2, 0.25) is 0 Å². The van der Waals surface area contributed by atoms with Crippen molar-refractivity contribution in [1.82, 2.24) is 9.47 Å². The number of urea groups is 1. The zero-order valence-corrected chi connectivity index (χ0v) is 18.9. The zero-order valence-electron chi connectivity index (χ0n) is 18.9. The number of piperidine rings is 1. The highest BCUT2D eigenvalue weighted by molar-refractivity contribution is 5.99. The lowest BCUT2D eigenvalue weighted by atomic mass is 9.83. The molecule has 2 unspecified atom stereocenters. The fourth-order valence-electron chi connectivity index (χ4n) is 4.85. The van der Waals surface area contributed by atoms with E-state index >= 15 is 0 Å². The normalized spacial score (nSPS) is 18.4. The molecule has 5 rings (SSSR count). The maximum Gasteiger partial charge on any atom is 0.323 e. The van der Waals surface area contributed by atoms with Gasteiger partial charge in [-0.3, -0.25) is 9.59 Å². The number of likely N-dealkylation sites (tertiary alicyclic amines) is 1. The van der Waals surface area contributed by atoms with Crippen LogP contribution in [0.15, 0.2) is 71.5 Å². The van der Waals surface area contributed by atoms with Gasteiger partial charge in [0, 0.05) is 36.9 Å². The van der Waals surface area contributed by atoms with E-state index in [4.69, 9.17) is 4.74 Å². The summed E-state index contributed by atoms with van der Waals surface area (Å²) in [4.78, 5) is 40.1. The van der Waals surface area contributed by atoms with E-state index < -0.39 is 11.8 Å². The van der Waals surface area contributed by atoms with Gasteiger partial charge in [0.1, 0.15) is 17.3 Å². The standard InChI is InChI=1S/C26H25FN4O4/c27-19-5-4-6-20(12-19)28-26(34)29-22-9-10-23-18-11-17(14-31(23)25(22)33)13-30(15-18)24(32)16-35-21-7-2-1-3-8-21/h1-10,12,17-18H,11,13-16H2,(H2,28,29,34). The summed E-state index contributed by atoms with van der Waals surface area (Å²) in [6.07, 6.45) is 0.898. The average molecular weight is 477 g/mol. The first-order chi connectivity index (χ1) is 17.0. The third kappa shape index (κ3) is 5.03. The molecule has 0 radical (unpaired) electrons. The van der Waals surface area contributed by atoms with Crippen molar-refractivity contribution in [1.29, 1.82) is 0 Å². The van der Waals surface area contributed by atoms with E-state index in [0.717, 1.165) is 12.1 Å². The Morgan fingerprint density at radius 2 is 1.80 bits per heavy atom. The second-order valence-electron chi connectivity index (χ2n) is 8.88. The van der Waals surface area contributed by atoms with E-state index in [0.29, 0.717) is 25.4 Å². The van der Waals surface area contributed by atoms with Gasteiger partial charge in [0.2, 0.25) is 0 Å². The molecule has 2 bridgehead atoms. The molecule has 2 aliphatic heterocycles. The van der Waals surface area contributed by atoms with Crippen molar-refractivity contribution in [2.75, 3.05) is 30.3 Å². The Morgan fingerprint density at radius 3 is 2.60 bits per heavy atom. The molecule has 2 atom stereocenters. The molecular formula is C26H25FN4O4. The van der Waals surface area contributed by atoms with Gasteiger partial charge >= 0.3 is 6.03 Å². The molecule has 3 amide bonds. The lowest BCUT2D eigenvalue weighted by Gasteiger charge is -2.42. The second kappa shape index (κ2) is 9.61. The number of amides is 3. The van der Waals surface area contributed by atoms with E-state index in [1.807, 2.05) is 41.3 Å². The van der Waals surface area contributed by atoms with Crippen molar-refractivity contribution < 1.29 is 18.7 Å². The minimum atomic E-state index is -0.626. The molecule has 3 aromatic rings. The van der Waals surface area contributed by atoms with Gasteiger partial charge in [-0.05, 0) is 54.8 Å². The number of hydrogen-bond donors (Lipinski definition) is 2. The SMILES string of the molecule is O=C(Nc1cccc(F)c1)Nc1ccc2n(c1=O)CC1CC2CN(C(=O)COc2ccccc2)C1. The van der Waals surface area contributed by atoms with Crippen LogP contribution in [0.4, 0.5) is 20.6 Å². The largest absolute Gasteiger partial charge is 0.484 e. The van der Waals surface area contributed by atoms with Crippen LogP contribution in [-0.4, -0.2) is 41.1 Å². The number of halogens is 1. The number of aromatic nitrogens is 1. The Bertz CT molecular complexity index is 1310. The topological polar surface area (TPSA) is 92.7 Å². The number of pyridine rings is 1. The Morgan fingerprint density at radius 1 is 0.971 bits per heavy atom. The number of ether oxygens (including phenoxy) is 1. The monoisotopic (exact) mass is 476 g/mol. The first kappa shape index (κ1) is 22.6. The number of hydrogen-bond acceptors (Lipinski definition) is 4. The maximum atomic E-state index is 13.4. The van der Waals surface area contributed by atoms with Crippen LogP contribution in [-0.2, 0) is 11.3 Å². The van der Waals surface area contributed by atoms with Crippen molar-refractivity contribution in [2.45, 2.75) is 18.9 Å². The van der Waals surface area contributed by atoms with Gasteiger partial charge in [-0.1, -0.05) is 24.3 Å². The molecule has 9 heteroatoms. The molecule has 0 saturated carbocycles. The lowest BCUT2D eigenvalue weighted by molar-refractivity contribution is -0.136. The number of fused-ring (bicyclic) bond motifs is 4. The highest BCUT2D eigenvalue weighted by Gasteiger charge is 2.36. The molecule has 35 heavy (non-hydrogen) atoms. The first-order valence-electron chi connectivity index (χ1n) is 11.5. The van der Waals surface area contributed by atoms with Gasteiger partial charge in [0.15, 0.2) is 6.61 Å². The third-order valence-electron chi connectivity index (χ3n) is 6.39. The van der Waals surface area contributed by atoms with E-state index in [1.165, 1.54) is 18.2 Å². The molecule has 8 nitrogen and oxygen atoms in total. The number of rotatable bonds is 5. The van der Waals surface area contributed by atoms with Crippen molar-refractivity contribution in [3.05, 3.63) is 88.6 Å². The summed E-state index contributed by atoms with van der Waals surface area (Å²) in [6, 6.07) is 17.5. The summed E-state index contributed by atoms with van der Waals surface area (Å²) < 4.78 is 20.7. The lowest BCUT2D eigenvalue weighted by Crippen LogP contribution is -2.50. The van der Waals surface area contributed by atoms with Crippen LogP contribution in [0.5, 0.6) is 5.75 Å². The van der Waals surface area contributed by atoms with Crippen molar-refractivity contribution in [3.63, 3.8) is 0 Å². The summed E-state index contributed by atoms with van der Waals surface area (Å²) in [5, 5.41) is 5.09. The molecule has 2 aromatic carbocycles. The van der Waals surface area contributed by atoms with Gasteiger partial charge < -0.3 is 24.8 Å². The second-order valence-corrected chi connectivity index (χ2v) is 8.88. The summed E-state index contributed by atoms with van der Waals surface area (Å²) in [7, 11) is 0. The molecule has 0 spiro atoms. The number of para-hydroxylation sites is 1. The molecule has 3 heterocycles. The van der Waals surface area contributed by atoms with Crippen LogP contribution in [0.25, 0.3) is 0 Å². The molecule has 1 aromatic heterocycles. The van der Waals surface area contributed by atoms with Crippen LogP contribution >= 0.6 is 0 Å². The van der Waals surface area contributed by atoms with Crippen molar-refractivity contribution >= 4 is 23.3 Å². The minimum Gasteiger partial charge on any atom is -0.484 e. The highest BCUT2D eigenvalue weighted by atomic mass is 19.1. The number of anilines is 2. The smallest absolute Gasteiger partial charge is 0.323 e. The zero-order chi connectivity index (χ0) is 24.4. The van der Waals surface area contributed by atoms with Crippen LogP contribution in [0.1, 0.15) is 18.0 Å². The molecular weight excluding hydrogens is 451 g/mol. The fourth-order valence-corrected chi connectivity index (χ4v) is 4.85. The average Bonchev–Trinajstić information content (AvgIpc) is 2.85. The van der Waals surface area contributed by atoms with E-state index in [9.17, 15) is 18.8 Å². The van der Waals surface area contributed by atoms with Crippen LogP contribution in [0, 0.1) is 11.7 Å². The molecule has 1 fully saturated rings. The number of nitrogens with zero attached hydrogens (tertiary/aromatic N) is 2. The van der Waals surface area contributed by atoms with Gasteiger partial charge in [0.25, 0.3) is 11.5 Å². The fraction of sp³-hybridized carbons (Fsp3) is 0.269. The predicted octanol–water partition coefficient (Wildman–Crippen LogP) is 3.66. The predicted molar refractivity (Wildman–Crippen MR) is 129 cm³/mol. The van der Waals surface area contributed by atoms with E-state index in [1.54, 1.807) is 16.7 Å². The third-order valence-corrected chi connectivity index (χ3v) is 6.39. The van der Waals surface area contributed by atoms with E-state index in [2.05, 4.69) is 10.6 Å². The van der Waals surface area contributed by atoms with Gasteiger partial charge in [-0.2, -0.15) is 0 Å². The number of carbonyl (C=O) groups is 2. The number of nitrogens with one attached hydrogen (secondary N) is 2. The summed E-state index contributed by atoms with van der Waals surface area (Å²) in [5.41, 5.74) is 0.991.